The average Bonchev–Trinajstić information content (AvgIpc) is 3.87. The predicted molar refractivity (Wildman–Crippen MR) is 219 cm³/mol. The third kappa shape index (κ3) is 4.90. The molecule has 0 fully saturated rings. The Morgan fingerprint density at radius 3 is 1.51 bits per heavy atom. The van der Waals surface area contributed by atoms with Gasteiger partial charge in [-0.3, -0.25) is 0 Å². The van der Waals surface area contributed by atoms with Gasteiger partial charge in [-0.2, -0.15) is 0 Å². The zero-order chi connectivity index (χ0) is 34.9. The molecule has 0 heteroatoms. The molecule has 0 aliphatic heterocycles. The summed E-state index contributed by atoms with van der Waals surface area (Å²) in [5.41, 5.74) is 22.0. The molecule has 53 heavy (non-hydrogen) atoms. The van der Waals surface area contributed by atoms with Crippen molar-refractivity contribution in [3.63, 3.8) is 0 Å². The highest BCUT2D eigenvalue weighted by atomic mass is 14.5. The van der Waals surface area contributed by atoms with Crippen molar-refractivity contribution in [2.45, 2.75) is 24.2 Å². The molecule has 8 aromatic carbocycles. The first-order valence-electron chi connectivity index (χ1n) is 19.0. The molecular weight excluding hydrogens is 637 g/mol. The Labute approximate surface area is 312 Å². The molecule has 0 heterocycles. The van der Waals surface area contributed by atoms with Crippen LogP contribution in [0.1, 0.15) is 62.3 Å². The van der Waals surface area contributed by atoms with E-state index >= 15 is 0 Å². The van der Waals surface area contributed by atoms with Crippen LogP contribution in [0.3, 0.4) is 0 Å². The van der Waals surface area contributed by atoms with E-state index in [0.29, 0.717) is 17.8 Å². The van der Waals surface area contributed by atoms with Crippen molar-refractivity contribution in [2.24, 2.45) is 5.92 Å². The molecule has 3 aliphatic rings. The molecule has 4 atom stereocenters. The van der Waals surface area contributed by atoms with Crippen LogP contribution in [-0.2, 0) is 6.42 Å². The molecule has 0 amide bonds. The van der Waals surface area contributed by atoms with E-state index in [9.17, 15) is 0 Å². The summed E-state index contributed by atoms with van der Waals surface area (Å²) >= 11 is 0. The predicted octanol–water partition coefficient (Wildman–Crippen LogP) is 13.3. The first-order valence-corrected chi connectivity index (χ1v) is 19.0. The first kappa shape index (κ1) is 30.4. The lowest BCUT2D eigenvalue weighted by Crippen LogP contribution is -2.11. The van der Waals surface area contributed by atoms with Crippen LogP contribution in [-0.4, -0.2) is 0 Å². The molecule has 250 valence electrons. The Hall–Kier alpha value is -6.24. The van der Waals surface area contributed by atoms with Gasteiger partial charge in [-0.05, 0) is 126 Å². The van der Waals surface area contributed by atoms with Gasteiger partial charge in [-0.15, -0.1) is 0 Å². The minimum atomic E-state index is 0.190. The lowest BCUT2D eigenvalue weighted by atomic mass is 9.83. The molecule has 4 unspecified atom stereocenters. The molecule has 11 rings (SSSR count). The van der Waals surface area contributed by atoms with Gasteiger partial charge >= 0.3 is 0 Å². The van der Waals surface area contributed by atoms with Gasteiger partial charge in [0, 0.05) is 17.8 Å². The van der Waals surface area contributed by atoms with E-state index in [0.717, 1.165) is 6.42 Å². The van der Waals surface area contributed by atoms with Gasteiger partial charge in [0.25, 0.3) is 0 Å². The summed E-state index contributed by atoms with van der Waals surface area (Å²) in [6, 6.07) is 72.8. The smallest absolute Gasteiger partial charge is 0.0352 e. The van der Waals surface area contributed by atoms with Crippen molar-refractivity contribution in [3.8, 4) is 44.5 Å². The Morgan fingerprint density at radius 2 is 0.830 bits per heavy atom. The van der Waals surface area contributed by atoms with Gasteiger partial charge in [0.15, 0.2) is 0 Å². The lowest BCUT2D eigenvalue weighted by Gasteiger charge is -2.20. The topological polar surface area (TPSA) is 0 Å². The monoisotopic (exact) mass is 674 g/mol. The van der Waals surface area contributed by atoms with Crippen LogP contribution in [0.2, 0.25) is 0 Å². The summed E-state index contributed by atoms with van der Waals surface area (Å²) in [6.45, 7) is 0. The minimum Gasteiger partial charge on any atom is -0.0622 e. The molecule has 0 spiro atoms. The molecule has 0 aromatic heterocycles. The summed E-state index contributed by atoms with van der Waals surface area (Å²) in [5.74, 6) is 1.59. The molecule has 8 aromatic rings. The third-order valence-corrected chi connectivity index (χ3v) is 12.4. The van der Waals surface area contributed by atoms with Crippen molar-refractivity contribution in [2.75, 3.05) is 0 Å². The van der Waals surface area contributed by atoms with Gasteiger partial charge in [0.05, 0.1) is 0 Å². The van der Waals surface area contributed by atoms with Gasteiger partial charge < -0.3 is 0 Å². The van der Waals surface area contributed by atoms with E-state index in [1.807, 2.05) is 0 Å². The van der Waals surface area contributed by atoms with Crippen molar-refractivity contribution >= 4 is 0 Å². The highest BCUT2D eigenvalue weighted by Crippen LogP contribution is 2.60. The SMILES string of the molecule is c1ccc(-c2cc(-c3ccccc3)cc(-c3cccc(C4c5ccccc5-c5cc6c(cc54)CC4C(c5ccccc5)c5ccccc5C64)c3)c2)cc1. The fraction of sp³-hybridized carbons (Fsp3) is 0.0943. The standard InChI is InChI=1S/C53H38/c1-4-15-34(16-5-1)39-28-40(35-17-6-2-7-18-35)30-41(29-39)37-21-14-22-38(27-37)52-44-24-11-10-23-43(44)48-33-47-42(31-49(48)52)32-50-51(36-19-8-3-9-20-36)45-25-12-13-26-46(45)53(47)50/h1-31,33,50-53H,32H2. The molecule has 0 nitrogen and oxygen atoms in total. The molecule has 0 bridgehead atoms. The number of rotatable bonds is 5. The normalized spacial score (nSPS) is 18.9. The van der Waals surface area contributed by atoms with Crippen LogP contribution >= 0.6 is 0 Å². The molecule has 0 saturated carbocycles. The third-order valence-electron chi connectivity index (χ3n) is 12.4. The largest absolute Gasteiger partial charge is 0.0622 e. The van der Waals surface area contributed by atoms with Crippen molar-refractivity contribution < 1.29 is 0 Å². The van der Waals surface area contributed by atoms with E-state index in [1.54, 1.807) is 0 Å². The summed E-state index contributed by atoms with van der Waals surface area (Å²) in [7, 11) is 0. The van der Waals surface area contributed by atoms with Crippen LogP contribution in [0.5, 0.6) is 0 Å². The van der Waals surface area contributed by atoms with Crippen molar-refractivity contribution in [1.29, 1.82) is 0 Å². The second-order valence-corrected chi connectivity index (χ2v) is 15.2. The molecular formula is C53H38. The molecule has 0 radical (unpaired) electrons. The van der Waals surface area contributed by atoms with Crippen LogP contribution in [0.25, 0.3) is 44.5 Å². The van der Waals surface area contributed by atoms with Gasteiger partial charge in [0.2, 0.25) is 0 Å². The van der Waals surface area contributed by atoms with Gasteiger partial charge in [-0.1, -0.05) is 170 Å². The highest BCUT2D eigenvalue weighted by molar-refractivity contribution is 5.84. The Morgan fingerprint density at radius 1 is 0.302 bits per heavy atom. The lowest BCUT2D eigenvalue weighted by molar-refractivity contribution is 0.492. The fourth-order valence-corrected chi connectivity index (χ4v) is 10.1. The number of benzene rings is 8. The Bertz CT molecular complexity index is 2590. The average molecular weight is 675 g/mol. The highest BCUT2D eigenvalue weighted by Gasteiger charge is 2.47. The maximum absolute atomic E-state index is 2.61. The summed E-state index contributed by atoms with van der Waals surface area (Å²) in [6.07, 6.45) is 1.11. The van der Waals surface area contributed by atoms with Crippen LogP contribution in [0.4, 0.5) is 0 Å². The zero-order valence-electron chi connectivity index (χ0n) is 29.5. The van der Waals surface area contributed by atoms with Crippen LogP contribution in [0, 0.1) is 5.92 Å². The fourth-order valence-electron chi connectivity index (χ4n) is 10.1. The minimum absolute atomic E-state index is 0.190. The van der Waals surface area contributed by atoms with Gasteiger partial charge in [-0.25, -0.2) is 0 Å². The second-order valence-electron chi connectivity index (χ2n) is 15.2. The maximum atomic E-state index is 2.61. The summed E-state index contributed by atoms with van der Waals surface area (Å²) < 4.78 is 0. The van der Waals surface area contributed by atoms with E-state index in [-0.39, 0.29) is 5.92 Å². The Kier molecular flexibility index (Phi) is 6.98. The molecule has 3 aliphatic carbocycles. The molecule has 0 N–H and O–H groups in total. The van der Waals surface area contributed by atoms with Crippen LogP contribution in [0.15, 0.2) is 194 Å². The number of fused-ring (bicyclic) bond motifs is 8. The van der Waals surface area contributed by atoms with Crippen molar-refractivity contribution in [3.05, 3.63) is 239 Å². The zero-order valence-corrected chi connectivity index (χ0v) is 29.5. The summed E-state index contributed by atoms with van der Waals surface area (Å²) in [4.78, 5) is 0. The molecule has 0 saturated heterocycles. The summed E-state index contributed by atoms with van der Waals surface area (Å²) in [5, 5.41) is 0. The number of hydrogen-bond acceptors (Lipinski definition) is 0. The maximum Gasteiger partial charge on any atom is 0.0352 e. The first-order chi connectivity index (χ1) is 26.3. The van der Waals surface area contributed by atoms with E-state index in [2.05, 4.69) is 194 Å². The van der Waals surface area contributed by atoms with Gasteiger partial charge in [0.1, 0.15) is 0 Å². The van der Waals surface area contributed by atoms with Crippen molar-refractivity contribution in [1.82, 2.24) is 0 Å². The Balaban J connectivity index is 1.03. The number of hydrogen-bond donors (Lipinski definition) is 0. The van der Waals surface area contributed by atoms with E-state index in [1.165, 1.54) is 89.0 Å². The second kappa shape index (κ2) is 12.2. The van der Waals surface area contributed by atoms with E-state index in [4.69, 9.17) is 0 Å². The van der Waals surface area contributed by atoms with E-state index < -0.39 is 0 Å². The quantitative estimate of drug-likeness (QED) is 0.170. The van der Waals surface area contributed by atoms with Crippen LogP contribution < -0.4 is 0 Å².